The van der Waals surface area contributed by atoms with E-state index in [9.17, 15) is 0 Å². The van der Waals surface area contributed by atoms with Gasteiger partial charge in [-0.25, -0.2) is 5.10 Å². The maximum atomic E-state index is 5.77. The van der Waals surface area contributed by atoms with Crippen LogP contribution in [0.25, 0.3) is 0 Å². The molecule has 0 saturated carbocycles. The van der Waals surface area contributed by atoms with Gasteiger partial charge >= 0.3 is 0 Å². The molecule has 0 aromatic carbocycles. The third kappa shape index (κ3) is 5.58. The van der Waals surface area contributed by atoms with Crippen LogP contribution in [0.5, 0.6) is 0 Å². The Morgan fingerprint density at radius 3 is 2.44 bits per heavy atom. The van der Waals surface area contributed by atoms with Crippen molar-refractivity contribution in [2.45, 2.75) is 58.8 Å². The Labute approximate surface area is 110 Å². The summed E-state index contributed by atoms with van der Waals surface area (Å²) in [5.41, 5.74) is 5.77. The van der Waals surface area contributed by atoms with E-state index < -0.39 is 0 Å². The highest BCUT2D eigenvalue weighted by Crippen LogP contribution is 2.22. The summed E-state index contributed by atoms with van der Waals surface area (Å²) in [6.45, 7) is 7.50. The molecule has 1 aromatic rings. The third-order valence-electron chi connectivity index (χ3n) is 3.52. The van der Waals surface area contributed by atoms with Crippen molar-refractivity contribution in [2.75, 3.05) is 6.54 Å². The predicted octanol–water partition coefficient (Wildman–Crippen LogP) is 2.48. The second-order valence-electron chi connectivity index (χ2n) is 5.73. The molecule has 0 radical (unpaired) electrons. The molecule has 1 aromatic heterocycles. The lowest BCUT2D eigenvalue weighted by molar-refractivity contribution is 0.408. The van der Waals surface area contributed by atoms with Crippen LogP contribution in [0.1, 0.15) is 64.6 Å². The van der Waals surface area contributed by atoms with Crippen LogP contribution >= 0.6 is 0 Å². The van der Waals surface area contributed by atoms with Gasteiger partial charge in [-0.05, 0) is 35.1 Å². The number of hydrogen-bond acceptors (Lipinski definition) is 4. The Morgan fingerprint density at radius 1 is 1.11 bits per heavy atom. The van der Waals surface area contributed by atoms with Crippen molar-refractivity contribution in [2.24, 2.45) is 17.6 Å². The molecular weight excluding hydrogens is 226 g/mol. The zero-order chi connectivity index (χ0) is 13.4. The van der Waals surface area contributed by atoms with E-state index in [-0.39, 0.29) is 5.92 Å². The number of tetrazole rings is 1. The number of H-pyrrole nitrogens is 1. The van der Waals surface area contributed by atoms with Gasteiger partial charge in [0.2, 0.25) is 0 Å². The highest BCUT2D eigenvalue weighted by Gasteiger charge is 2.15. The van der Waals surface area contributed by atoms with Gasteiger partial charge in [0, 0.05) is 12.5 Å². The maximum absolute atomic E-state index is 5.77. The molecule has 0 amide bonds. The van der Waals surface area contributed by atoms with Gasteiger partial charge in [0.15, 0.2) is 5.82 Å². The molecule has 18 heavy (non-hydrogen) atoms. The number of rotatable bonds is 9. The minimum atomic E-state index is 0.271. The Morgan fingerprint density at radius 2 is 1.89 bits per heavy atom. The Balaban J connectivity index is 2.22. The summed E-state index contributed by atoms with van der Waals surface area (Å²) in [5, 5.41) is 14.0. The molecule has 0 aliphatic rings. The number of aromatic nitrogens is 4. The van der Waals surface area contributed by atoms with Gasteiger partial charge in [0.1, 0.15) is 0 Å². The average Bonchev–Trinajstić information content (AvgIpc) is 2.83. The normalized spacial score (nSPS) is 14.9. The Bertz CT molecular complexity index is 296. The molecule has 5 heteroatoms. The largest absolute Gasteiger partial charge is 0.330 e. The van der Waals surface area contributed by atoms with Crippen LogP contribution in [-0.2, 0) is 0 Å². The number of hydrogen-bond donors (Lipinski definition) is 2. The standard InChI is InChI=1S/C13H27N5/c1-10(2)5-4-6-11(3)7-8-12(9-14)13-15-17-18-16-13/h10-12H,4-9,14H2,1-3H3,(H,15,16,17,18)/t11-,12?/m1/s1. The molecule has 1 unspecified atom stereocenters. The molecule has 5 nitrogen and oxygen atoms in total. The zero-order valence-corrected chi connectivity index (χ0v) is 11.9. The maximum Gasteiger partial charge on any atom is 0.152 e. The second kappa shape index (κ2) is 8.19. The van der Waals surface area contributed by atoms with Crippen LogP contribution in [-0.4, -0.2) is 27.2 Å². The number of aromatic amines is 1. The molecule has 0 aliphatic heterocycles. The minimum absolute atomic E-state index is 0.271. The summed E-state index contributed by atoms with van der Waals surface area (Å²) in [6.07, 6.45) is 6.23. The van der Waals surface area contributed by atoms with E-state index in [4.69, 9.17) is 5.73 Å². The van der Waals surface area contributed by atoms with Crippen molar-refractivity contribution in [3.05, 3.63) is 5.82 Å². The van der Waals surface area contributed by atoms with Crippen LogP contribution in [0.15, 0.2) is 0 Å². The fraction of sp³-hybridized carbons (Fsp3) is 0.923. The molecule has 1 rings (SSSR count). The van der Waals surface area contributed by atoms with Gasteiger partial charge in [0.25, 0.3) is 0 Å². The van der Waals surface area contributed by atoms with Gasteiger partial charge in [0.05, 0.1) is 0 Å². The van der Waals surface area contributed by atoms with Crippen molar-refractivity contribution < 1.29 is 0 Å². The quantitative estimate of drug-likeness (QED) is 0.708. The molecule has 0 fully saturated rings. The monoisotopic (exact) mass is 253 g/mol. The molecule has 1 heterocycles. The van der Waals surface area contributed by atoms with Crippen LogP contribution in [0, 0.1) is 11.8 Å². The summed E-state index contributed by atoms with van der Waals surface area (Å²) in [4.78, 5) is 0. The van der Waals surface area contributed by atoms with Crippen molar-refractivity contribution in [1.29, 1.82) is 0 Å². The second-order valence-corrected chi connectivity index (χ2v) is 5.73. The lowest BCUT2D eigenvalue weighted by atomic mass is 9.92. The number of nitrogens with one attached hydrogen (secondary N) is 1. The van der Waals surface area contributed by atoms with Crippen molar-refractivity contribution in [3.63, 3.8) is 0 Å². The predicted molar refractivity (Wildman–Crippen MR) is 73.1 cm³/mol. The van der Waals surface area contributed by atoms with Crippen LogP contribution in [0.2, 0.25) is 0 Å². The Kier molecular flexibility index (Phi) is 6.86. The van der Waals surface area contributed by atoms with E-state index in [1.165, 1.54) is 25.7 Å². The molecular formula is C13H27N5. The summed E-state index contributed by atoms with van der Waals surface area (Å²) < 4.78 is 0. The zero-order valence-electron chi connectivity index (χ0n) is 11.9. The first-order valence-corrected chi connectivity index (χ1v) is 7.07. The van der Waals surface area contributed by atoms with Gasteiger partial charge in [-0.2, -0.15) is 0 Å². The van der Waals surface area contributed by atoms with E-state index in [1.807, 2.05) is 0 Å². The Hall–Kier alpha value is -0.970. The van der Waals surface area contributed by atoms with Crippen LogP contribution < -0.4 is 5.73 Å². The van der Waals surface area contributed by atoms with E-state index in [2.05, 4.69) is 41.4 Å². The lowest BCUT2D eigenvalue weighted by Crippen LogP contribution is -2.15. The summed E-state index contributed by atoms with van der Waals surface area (Å²) >= 11 is 0. The molecule has 104 valence electrons. The van der Waals surface area contributed by atoms with Gasteiger partial charge < -0.3 is 5.73 Å². The molecule has 2 atom stereocenters. The molecule has 0 saturated heterocycles. The lowest BCUT2D eigenvalue weighted by Gasteiger charge is -2.15. The first kappa shape index (κ1) is 15.1. The van der Waals surface area contributed by atoms with Gasteiger partial charge in [-0.15, -0.1) is 5.10 Å². The van der Waals surface area contributed by atoms with E-state index in [0.29, 0.717) is 6.54 Å². The van der Waals surface area contributed by atoms with Gasteiger partial charge in [-0.3, -0.25) is 0 Å². The SMILES string of the molecule is CC(C)CCC[C@@H](C)CCC(CN)c1nnn[nH]1. The fourth-order valence-electron chi connectivity index (χ4n) is 2.21. The third-order valence-corrected chi connectivity index (χ3v) is 3.52. The van der Waals surface area contributed by atoms with Crippen LogP contribution in [0.3, 0.4) is 0 Å². The summed E-state index contributed by atoms with van der Waals surface area (Å²) in [7, 11) is 0. The molecule has 3 N–H and O–H groups in total. The highest BCUT2D eigenvalue weighted by molar-refractivity contribution is 4.91. The molecule has 0 bridgehead atoms. The minimum Gasteiger partial charge on any atom is -0.330 e. The first-order chi connectivity index (χ1) is 8.63. The number of nitrogens with zero attached hydrogens (tertiary/aromatic N) is 3. The average molecular weight is 253 g/mol. The van der Waals surface area contributed by atoms with Crippen molar-refractivity contribution in [3.8, 4) is 0 Å². The van der Waals surface area contributed by atoms with Crippen molar-refractivity contribution in [1.82, 2.24) is 20.6 Å². The first-order valence-electron chi connectivity index (χ1n) is 7.07. The smallest absolute Gasteiger partial charge is 0.152 e. The highest BCUT2D eigenvalue weighted by atomic mass is 15.5. The van der Waals surface area contributed by atoms with Gasteiger partial charge in [-0.1, -0.05) is 40.0 Å². The molecule has 0 aliphatic carbocycles. The van der Waals surface area contributed by atoms with E-state index >= 15 is 0 Å². The van der Waals surface area contributed by atoms with Crippen LogP contribution in [0.4, 0.5) is 0 Å². The summed E-state index contributed by atoms with van der Waals surface area (Å²) in [5.74, 6) is 2.67. The fourth-order valence-corrected chi connectivity index (χ4v) is 2.21. The van der Waals surface area contributed by atoms with E-state index in [0.717, 1.165) is 24.1 Å². The topological polar surface area (TPSA) is 80.5 Å². The number of nitrogens with two attached hydrogens (primary N) is 1. The van der Waals surface area contributed by atoms with Crippen molar-refractivity contribution >= 4 is 0 Å². The van der Waals surface area contributed by atoms with E-state index in [1.54, 1.807) is 0 Å². The summed E-state index contributed by atoms with van der Waals surface area (Å²) in [6, 6.07) is 0. The molecule has 0 spiro atoms.